The normalized spacial score (nSPS) is 10.3. The van der Waals surface area contributed by atoms with E-state index < -0.39 is 0 Å². The highest BCUT2D eigenvalue weighted by Crippen LogP contribution is 2.26. The molecule has 84 valence electrons. The molecule has 0 saturated heterocycles. The average molecular weight is 441 g/mol. The number of nitriles is 1. The molecule has 0 aliphatic rings. The third-order valence-corrected chi connectivity index (χ3v) is 3.34. The quantitative estimate of drug-likeness (QED) is 0.327. The predicted octanol–water partition coefficient (Wildman–Crippen LogP) is 2.44. The highest BCUT2D eigenvalue weighted by atomic mass is 127. The van der Waals surface area contributed by atoms with E-state index in [1.54, 1.807) is 6.21 Å². The standard InChI is InChI=1S/C10H9I2N3O/c11-8-4-7(5-9(12)10(8)16)6-15-14-3-1-2-13/h4-6,14,16H,1,3H2. The number of hydrogen-bond donors (Lipinski definition) is 2. The van der Waals surface area contributed by atoms with Gasteiger partial charge in [0.1, 0.15) is 5.75 Å². The molecule has 0 fully saturated rings. The number of nitrogens with zero attached hydrogens (tertiary/aromatic N) is 2. The smallest absolute Gasteiger partial charge is 0.142 e. The Kier molecular flexibility index (Phi) is 5.83. The molecule has 0 unspecified atom stereocenters. The Morgan fingerprint density at radius 1 is 1.44 bits per heavy atom. The Balaban J connectivity index is 2.65. The van der Waals surface area contributed by atoms with Gasteiger partial charge in [0, 0.05) is 6.54 Å². The van der Waals surface area contributed by atoms with Crippen LogP contribution in [0.5, 0.6) is 5.75 Å². The van der Waals surface area contributed by atoms with Crippen LogP contribution in [0.2, 0.25) is 0 Å². The molecular weight excluding hydrogens is 432 g/mol. The van der Waals surface area contributed by atoms with E-state index in [1.165, 1.54) is 0 Å². The monoisotopic (exact) mass is 441 g/mol. The molecule has 4 nitrogen and oxygen atoms in total. The highest BCUT2D eigenvalue weighted by Gasteiger charge is 2.03. The average Bonchev–Trinajstić information content (AvgIpc) is 2.25. The first-order valence-corrected chi connectivity index (χ1v) is 6.61. The van der Waals surface area contributed by atoms with Crippen LogP contribution in [-0.4, -0.2) is 17.9 Å². The fraction of sp³-hybridized carbons (Fsp3) is 0.200. The van der Waals surface area contributed by atoms with Crippen molar-refractivity contribution >= 4 is 51.4 Å². The first kappa shape index (κ1) is 13.5. The number of hydrogen-bond acceptors (Lipinski definition) is 4. The molecule has 0 saturated carbocycles. The van der Waals surface area contributed by atoms with Crippen LogP contribution in [0, 0.1) is 18.5 Å². The van der Waals surface area contributed by atoms with Gasteiger partial charge in [-0.2, -0.15) is 10.4 Å². The summed E-state index contributed by atoms with van der Waals surface area (Å²) >= 11 is 4.14. The van der Waals surface area contributed by atoms with Crippen molar-refractivity contribution < 1.29 is 5.11 Å². The summed E-state index contributed by atoms with van der Waals surface area (Å²) in [6.45, 7) is 0.541. The maximum atomic E-state index is 9.56. The van der Waals surface area contributed by atoms with E-state index in [4.69, 9.17) is 5.26 Å². The molecule has 0 bridgehead atoms. The van der Waals surface area contributed by atoms with Gasteiger partial charge >= 0.3 is 0 Å². The summed E-state index contributed by atoms with van der Waals surface area (Å²) in [4.78, 5) is 0. The van der Waals surface area contributed by atoms with Crippen LogP contribution < -0.4 is 5.43 Å². The van der Waals surface area contributed by atoms with Crippen molar-refractivity contribution in [1.82, 2.24) is 5.43 Å². The Morgan fingerprint density at radius 3 is 2.62 bits per heavy atom. The molecule has 1 rings (SSSR count). The van der Waals surface area contributed by atoms with Crippen LogP contribution in [0.15, 0.2) is 17.2 Å². The van der Waals surface area contributed by atoms with E-state index >= 15 is 0 Å². The van der Waals surface area contributed by atoms with Gasteiger partial charge in [-0.05, 0) is 62.9 Å². The highest BCUT2D eigenvalue weighted by molar-refractivity contribution is 14.1. The van der Waals surface area contributed by atoms with E-state index in [2.05, 4.69) is 55.7 Å². The Labute approximate surface area is 121 Å². The maximum absolute atomic E-state index is 9.56. The molecule has 2 N–H and O–H groups in total. The number of nitrogens with one attached hydrogen (secondary N) is 1. The van der Waals surface area contributed by atoms with Gasteiger partial charge in [0.15, 0.2) is 0 Å². The summed E-state index contributed by atoms with van der Waals surface area (Å²) in [7, 11) is 0. The molecular formula is C10H9I2N3O. The number of phenolic OH excluding ortho intramolecular Hbond substituents is 1. The van der Waals surface area contributed by atoms with E-state index in [0.29, 0.717) is 18.7 Å². The van der Waals surface area contributed by atoms with Gasteiger partial charge in [-0.3, -0.25) is 0 Å². The van der Waals surface area contributed by atoms with Crippen LogP contribution in [0.3, 0.4) is 0 Å². The number of rotatable bonds is 4. The zero-order valence-electron chi connectivity index (χ0n) is 8.24. The van der Waals surface area contributed by atoms with Crippen molar-refractivity contribution in [2.24, 2.45) is 5.10 Å². The lowest BCUT2D eigenvalue weighted by atomic mass is 10.2. The third kappa shape index (κ3) is 4.13. The van der Waals surface area contributed by atoms with Crippen molar-refractivity contribution in [1.29, 1.82) is 5.26 Å². The first-order valence-electron chi connectivity index (χ1n) is 4.46. The fourth-order valence-electron chi connectivity index (χ4n) is 0.956. The van der Waals surface area contributed by atoms with Gasteiger partial charge in [-0.15, -0.1) is 0 Å². The second-order valence-electron chi connectivity index (χ2n) is 2.91. The van der Waals surface area contributed by atoms with Gasteiger partial charge < -0.3 is 10.5 Å². The summed E-state index contributed by atoms with van der Waals surface area (Å²) in [5, 5.41) is 21.9. The van der Waals surface area contributed by atoms with E-state index in [9.17, 15) is 5.11 Å². The Bertz CT molecular complexity index is 417. The van der Waals surface area contributed by atoms with Crippen molar-refractivity contribution in [3.63, 3.8) is 0 Å². The topological polar surface area (TPSA) is 68.4 Å². The lowest BCUT2D eigenvalue weighted by Crippen LogP contribution is -2.06. The first-order chi connectivity index (χ1) is 7.65. The molecule has 0 aliphatic carbocycles. The van der Waals surface area contributed by atoms with Crippen LogP contribution in [0.4, 0.5) is 0 Å². The van der Waals surface area contributed by atoms with Crippen molar-refractivity contribution in [3.05, 3.63) is 24.8 Å². The van der Waals surface area contributed by atoms with Gasteiger partial charge in [0.2, 0.25) is 0 Å². The molecule has 0 radical (unpaired) electrons. The van der Waals surface area contributed by atoms with E-state index in [1.807, 2.05) is 18.2 Å². The molecule has 0 atom stereocenters. The number of halogens is 2. The molecule has 16 heavy (non-hydrogen) atoms. The molecule has 1 aromatic rings. The van der Waals surface area contributed by atoms with Crippen molar-refractivity contribution in [2.45, 2.75) is 6.42 Å². The molecule has 0 heterocycles. The molecule has 6 heteroatoms. The van der Waals surface area contributed by atoms with Gasteiger partial charge in [-0.25, -0.2) is 0 Å². The van der Waals surface area contributed by atoms with E-state index in [0.717, 1.165) is 12.7 Å². The van der Waals surface area contributed by atoms with Crippen molar-refractivity contribution in [3.8, 4) is 11.8 Å². The minimum Gasteiger partial charge on any atom is -0.506 e. The minimum absolute atomic E-state index is 0.302. The zero-order valence-corrected chi connectivity index (χ0v) is 12.6. The summed E-state index contributed by atoms with van der Waals surface area (Å²) in [5.74, 6) is 0.302. The van der Waals surface area contributed by atoms with E-state index in [-0.39, 0.29) is 0 Å². The zero-order chi connectivity index (χ0) is 12.0. The SMILES string of the molecule is N#CCCNN=Cc1cc(I)c(O)c(I)c1. The number of hydrazone groups is 1. The molecule has 1 aromatic carbocycles. The van der Waals surface area contributed by atoms with Crippen LogP contribution in [0.1, 0.15) is 12.0 Å². The number of benzene rings is 1. The minimum atomic E-state index is 0.302. The summed E-state index contributed by atoms with van der Waals surface area (Å²) < 4.78 is 1.59. The van der Waals surface area contributed by atoms with Gasteiger partial charge in [0.25, 0.3) is 0 Å². The fourth-order valence-corrected chi connectivity index (χ4v) is 2.77. The van der Waals surface area contributed by atoms with Gasteiger partial charge in [-0.1, -0.05) is 0 Å². The Morgan fingerprint density at radius 2 is 2.06 bits per heavy atom. The Hall–Kier alpha value is -0.560. The molecule has 0 spiro atoms. The van der Waals surface area contributed by atoms with Crippen LogP contribution in [0.25, 0.3) is 0 Å². The maximum Gasteiger partial charge on any atom is 0.142 e. The van der Waals surface area contributed by atoms with Crippen LogP contribution in [-0.2, 0) is 0 Å². The van der Waals surface area contributed by atoms with Crippen LogP contribution >= 0.6 is 45.2 Å². The lowest BCUT2D eigenvalue weighted by molar-refractivity contribution is 0.467. The summed E-state index contributed by atoms with van der Waals surface area (Å²) in [6.07, 6.45) is 2.10. The van der Waals surface area contributed by atoms with Gasteiger partial charge in [0.05, 0.1) is 25.8 Å². The molecule has 0 aliphatic heterocycles. The molecule has 0 aromatic heterocycles. The largest absolute Gasteiger partial charge is 0.506 e. The predicted molar refractivity (Wildman–Crippen MR) is 79.4 cm³/mol. The summed E-state index contributed by atoms with van der Waals surface area (Å²) in [5.41, 5.74) is 3.68. The van der Waals surface area contributed by atoms with Crippen molar-refractivity contribution in [2.75, 3.05) is 6.54 Å². The molecule has 0 amide bonds. The second kappa shape index (κ2) is 6.90. The lowest BCUT2D eigenvalue weighted by Gasteiger charge is -2.02. The third-order valence-electron chi connectivity index (χ3n) is 1.69. The number of aromatic hydroxyl groups is 1. The second-order valence-corrected chi connectivity index (χ2v) is 5.23. The summed E-state index contributed by atoms with van der Waals surface area (Å²) in [6, 6.07) is 5.70. The number of phenols is 1.